The molecule has 0 amide bonds. The Morgan fingerprint density at radius 2 is 2.00 bits per heavy atom. The normalized spacial score (nSPS) is 18.5. The average Bonchev–Trinajstić information content (AvgIpc) is 3.28. The Labute approximate surface area is 131 Å². The third kappa shape index (κ3) is 2.35. The highest BCUT2D eigenvalue weighted by molar-refractivity contribution is 7.89. The summed E-state index contributed by atoms with van der Waals surface area (Å²) in [5.41, 5.74) is 6.95. The number of nitrogens with zero attached hydrogens (tertiary/aromatic N) is 1. The predicted molar refractivity (Wildman–Crippen MR) is 88.2 cm³/mol. The van der Waals surface area contributed by atoms with Crippen molar-refractivity contribution in [2.24, 2.45) is 18.7 Å². The maximum Gasteiger partial charge on any atom is 0.243 e. The summed E-state index contributed by atoms with van der Waals surface area (Å²) in [7, 11) is -1.73. The van der Waals surface area contributed by atoms with Gasteiger partial charge in [0.1, 0.15) is 4.90 Å². The molecule has 1 aliphatic carbocycles. The minimum Gasteiger partial charge on any atom is -0.347 e. The van der Waals surface area contributed by atoms with E-state index in [1.807, 2.05) is 49.7 Å². The molecule has 0 spiro atoms. The molecular formula is C16H23N3O2S. The number of benzene rings is 1. The van der Waals surface area contributed by atoms with Crippen LogP contribution in [0.15, 0.2) is 29.2 Å². The topological polar surface area (TPSA) is 77.1 Å². The fourth-order valence-electron chi connectivity index (χ4n) is 3.20. The highest BCUT2D eigenvalue weighted by Gasteiger charge is 2.44. The second-order valence-corrected chi connectivity index (χ2v) is 8.11. The quantitative estimate of drug-likeness (QED) is 0.883. The lowest BCUT2D eigenvalue weighted by Crippen LogP contribution is -2.53. The molecule has 3 rings (SSSR count). The lowest BCUT2D eigenvalue weighted by Gasteiger charge is -2.29. The Morgan fingerprint density at radius 1 is 1.36 bits per heavy atom. The molecule has 0 bridgehead atoms. The minimum atomic E-state index is -3.62. The molecule has 1 aliphatic rings. The van der Waals surface area contributed by atoms with Crippen LogP contribution < -0.4 is 10.5 Å². The molecule has 6 heteroatoms. The third-order valence-electron chi connectivity index (χ3n) is 4.88. The molecule has 1 heterocycles. The Kier molecular flexibility index (Phi) is 3.58. The largest absolute Gasteiger partial charge is 0.347 e. The maximum atomic E-state index is 13.0. The number of hydrogen-bond donors (Lipinski definition) is 2. The van der Waals surface area contributed by atoms with Crippen LogP contribution in [0.3, 0.4) is 0 Å². The van der Waals surface area contributed by atoms with Gasteiger partial charge in [0.2, 0.25) is 10.0 Å². The molecule has 5 nitrogen and oxygen atoms in total. The van der Waals surface area contributed by atoms with Gasteiger partial charge in [0.25, 0.3) is 0 Å². The van der Waals surface area contributed by atoms with Crippen LogP contribution in [0.5, 0.6) is 0 Å². The van der Waals surface area contributed by atoms with Crippen molar-refractivity contribution in [1.82, 2.24) is 9.29 Å². The van der Waals surface area contributed by atoms with Crippen molar-refractivity contribution < 1.29 is 8.42 Å². The van der Waals surface area contributed by atoms with Crippen LogP contribution in [-0.4, -0.2) is 25.1 Å². The molecule has 3 N–H and O–H groups in total. The van der Waals surface area contributed by atoms with E-state index in [1.54, 1.807) is 0 Å². The molecule has 0 saturated heterocycles. The molecule has 0 aliphatic heterocycles. The molecule has 120 valence electrons. The van der Waals surface area contributed by atoms with E-state index in [9.17, 15) is 8.42 Å². The van der Waals surface area contributed by atoms with E-state index in [4.69, 9.17) is 5.73 Å². The fourth-order valence-corrected chi connectivity index (χ4v) is 5.15. The average molecular weight is 321 g/mol. The van der Waals surface area contributed by atoms with Gasteiger partial charge in [-0.1, -0.05) is 18.2 Å². The predicted octanol–water partition coefficient (Wildman–Crippen LogP) is 1.89. The lowest BCUT2D eigenvalue weighted by molar-refractivity contribution is 0.374. The number of fused-ring (bicyclic) bond motifs is 1. The molecule has 1 atom stereocenters. The van der Waals surface area contributed by atoms with E-state index in [-0.39, 0.29) is 0 Å². The van der Waals surface area contributed by atoms with Gasteiger partial charge in [-0.05, 0) is 38.7 Å². The number of para-hydroxylation sites is 1. The summed E-state index contributed by atoms with van der Waals surface area (Å²) in [5.74, 6) is 0.336. The monoisotopic (exact) mass is 321 g/mol. The van der Waals surface area contributed by atoms with Crippen molar-refractivity contribution in [2.45, 2.75) is 37.1 Å². The zero-order valence-corrected chi connectivity index (χ0v) is 14.1. The van der Waals surface area contributed by atoms with Crippen LogP contribution >= 0.6 is 0 Å². The molecule has 1 fully saturated rings. The van der Waals surface area contributed by atoms with Crippen LogP contribution in [0.25, 0.3) is 10.9 Å². The van der Waals surface area contributed by atoms with E-state index in [1.165, 1.54) is 0 Å². The zero-order chi connectivity index (χ0) is 16.1. The van der Waals surface area contributed by atoms with Crippen LogP contribution in [0.1, 0.15) is 25.5 Å². The van der Waals surface area contributed by atoms with Gasteiger partial charge in [0, 0.05) is 35.7 Å². The number of rotatable bonds is 5. The van der Waals surface area contributed by atoms with Crippen molar-refractivity contribution in [2.75, 3.05) is 6.54 Å². The maximum absolute atomic E-state index is 13.0. The van der Waals surface area contributed by atoms with E-state index >= 15 is 0 Å². The molecule has 2 aromatic rings. The SMILES string of the molecule is Cc1c(S(=O)(=O)NC(C)(CN)C2CC2)c2ccccc2n1C. The number of nitrogens with two attached hydrogens (primary N) is 1. The molecular weight excluding hydrogens is 298 g/mol. The van der Waals surface area contributed by atoms with Gasteiger partial charge in [0.15, 0.2) is 0 Å². The summed E-state index contributed by atoms with van der Waals surface area (Å²) in [6.07, 6.45) is 2.06. The van der Waals surface area contributed by atoms with E-state index in [2.05, 4.69) is 4.72 Å². The van der Waals surface area contributed by atoms with Crippen LogP contribution in [-0.2, 0) is 17.1 Å². The summed E-state index contributed by atoms with van der Waals surface area (Å²) >= 11 is 0. The van der Waals surface area contributed by atoms with Gasteiger partial charge in [-0.25, -0.2) is 13.1 Å². The van der Waals surface area contributed by atoms with Crippen LogP contribution in [0.2, 0.25) is 0 Å². The smallest absolute Gasteiger partial charge is 0.243 e. The zero-order valence-electron chi connectivity index (χ0n) is 13.3. The Hall–Kier alpha value is -1.37. The standard InChI is InChI=1S/C16H23N3O2S/c1-11-15(13-6-4-5-7-14(13)19(11)3)22(20,21)18-16(2,10-17)12-8-9-12/h4-7,12,18H,8-10,17H2,1-3H3. The van der Waals surface area contributed by atoms with E-state index < -0.39 is 15.6 Å². The molecule has 1 saturated carbocycles. The summed E-state index contributed by atoms with van der Waals surface area (Å²) in [6.45, 7) is 4.05. The van der Waals surface area contributed by atoms with Gasteiger partial charge in [-0.15, -0.1) is 0 Å². The van der Waals surface area contributed by atoms with Crippen molar-refractivity contribution >= 4 is 20.9 Å². The van der Waals surface area contributed by atoms with E-state index in [0.717, 1.165) is 29.4 Å². The van der Waals surface area contributed by atoms with Gasteiger partial charge in [-0.2, -0.15) is 0 Å². The second-order valence-electron chi connectivity index (χ2n) is 6.49. The summed E-state index contributed by atoms with van der Waals surface area (Å²) in [6, 6.07) is 7.57. The Bertz CT molecular complexity index is 821. The van der Waals surface area contributed by atoms with Crippen molar-refractivity contribution in [3.8, 4) is 0 Å². The summed E-state index contributed by atoms with van der Waals surface area (Å²) in [5, 5.41) is 0.755. The number of aryl methyl sites for hydroxylation is 1. The first-order chi connectivity index (χ1) is 10.3. The highest BCUT2D eigenvalue weighted by Crippen LogP contribution is 2.40. The number of aromatic nitrogens is 1. The first-order valence-corrected chi connectivity index (χ1v) is 9.06. The Morgan fingerprint density at radius 3 is 2.59 bits per heavy atom. The molecule has 1 aromatic heterocycles. The summed E-state index contributed by atoms with van der Waals surface area (Å²) < 4.78 is 30.8. The van der Waals surface area contributed by atoms with Crippen LogP contribution in [0.4, 0.5) is 0 Å². The van der Waals surface area contributed by atoms with Gasteiger partial charge >= 0.3 is 0 Å². The molecule has 0 radical (unpaired) electrons. The van der Waals surface area contributed by atoms with E-state index in [0.29, 0.717) is 17.4 Å². The second kappa shape index (κ2) is 5.08. The van der Waals surface area contributed by atoms with Gasteiger partial charge in [-0.3, -0.25) is 0 Å². The highest BCUT2D eigenvalue weighted by atomic mass is 32.2. The molecule has 22 heavy (non-hydrogen) atoms. The fraction of sp³-hybridized carbons (Fsp3) is 0.500. The molecule has 1 unspecified atom stereocenters. The van der Waals surface area contributed by atoms with Gasteiger partial charge in [0.05, 0.1) is 0 Å². The Balaban J connectivity index is 2.12. The van der Waals surface area contributed by atoms with Crippen molar-refractivity contribution in [1.29, 1.82) is 0 Å². The molecule has 1 aromatic carbocycles. The first kappa shape index (κ1) is 15.5. The summed E-state index contributed by atoms with van der Waals surface area (Å²) in [4.78, 5) is 0.367. The first-order valence-electron chi connectivity index (χ1n) is 7.58. The van der Waals surface area contributed by atoms with Crippen LogP contribution in [0, 0.1) is 12.8 Å². The number of sulfonamides is 1. The van der Waals surface area contributed by atoms with Crippen molar-refractivity contribution in [3.63, 3.8) is 0 Å². The van der Waals surface area contributed by atoms with Crippen molar-refractivity contribution in [3.05, 3.63) is 30.0 Å². The lowest BCUT2D eigenvalue weighted by atomic mass is 9.98. The number of nitrogens with one attached hydrogen (secondary N) is 1. The van der Waals surface area contributed by atoms with Gasteiger partial charge < -0.3 is 10.3 Å². The number of hydrogen-bond acceptors (Lipinski definition) is 3. The third-order valence-corrected chi connectivity index (χ3v) is 6.67. The minimum absolute atomic E-state index is 0.306.